The molecule has 0 aliphatic carbocycles. The molecule has 1 aromatic carbocycles. The van der Waals surface area contributed by atoms with Gasteiger partial charge in [-0.25, -0.2) is 0 Å². The molecule has 1 aromatic rings. The van der Waals surface area contributed by atoms with E-state index < -0.39 is 11.2 Å². The van der Waals surface area contributed by atoms with E-state index in [-0.39, 0.29) is 37.3 Å². The van der Waals surface area contributed by atoms with Crippen LogP contribution < -0.4 is 0 Å². The van der Waals surface area contributed by atoms with Crippen molar-refractivity contribution < 1.29 is 23.9 Å². The Morgan fingerprint density at radius 3 is 2.80 bits per heavy atom. The summed E-state index contributed by atoms with van der Waals surface area (Å²) in [6.07, 6.45) is 0.107. The van der Waals surface area contributed by atoms with Gasteiger partial charge in [-0.3, -0.25) is 24.1 Å². The maximum absolute atomic E-state index is 12.5. The first kappa shape index (κ1) is 17.5. The number of amides is 3. The zero-order valence-corrected chi connectivity index (χ0v) is 14.6. The van der Waals surface area contributed by atoms with Gasteiger partial charge in [0.25, 0.3) is 5.91 Å². The summed E-state index contributed by atoms with van der Waals surface area (Å²) in [5.74, 6) is -0.933. The molecule has 0 N–H and O–H groups in total. The van der Waals surface area contributed by atoms with Gasteiger partial charge in [-0.15, -0.1) is 11.8 Å². The monoisotopic (exact) mass is 362 g/mol. The number of imide groups is 1. The van der Waals surface area contributed by atoms with E-state index in [1.165, 1.54) is 23.8 Å². The molecule has 0 saturated carbocycles. The summed E-state index contributed by atoms with van der Waals surface area (Å²) < 4.78 is 4.72. The average molecular weight is 362 g/mol. The Kier molecular flexibility index (Phi) is 5.08. The summed E-state index contributed by atoms with van der Waals surface area (Å²) >= 11 is 1.44. The van der Waals surface area contributed by atoms with Gasteiger partial charge in [-0.05, 0) is 11.6 Å². The molecule has 2 aliphatic rings. The molecule has 0 aromatic heterocycles. The summed E-state index contributed by atoms with van der Waals surface area (Å²) in [7, 11) is 1.31. The van der Waals surface area contributed by atoms with E-state index in [1.54, 1.807) is 24.3 Å². The second-order valence-corrected chi connectivity index (χ2v) is 7.15. The minimum atomic E-state index is -0.448. The Hall–Kier alpha value is -2.35. The van der Waals surface area contributed by atoms with E-state index in [4.69, 9.17) is 4.74 Å². The normalized spacial score (nSPS) is 20.3. The summed E-state index contributed by atoms with van der Waals surface area (Å²) in [4.78, 5) is 51.5. The third-order valence-electron chi connectivity index (χ3n) is 4.31. The lowest BCUT2D eigenvalue weighted by Crippen LogP contribution is -2.52. The molecule has 0 unspecified atom stereocenters. The molecule has 0 bridgehead atoms. The molecule has 8 heteroatoms. The van der Waals surface area contributed by atoms with E-state index in [2.05, 4.69) is 0 Å². The predicted octanol–water partition coefficient (Wildman–Crippen LogP) is 0.329. The van der Waals surface area contributed by atoms with E-state index in [1.807, 2.05) is 0 Å². The molecule has 3 amide bonds. The van der Waals surface area contributed by atoms with Gasteiger partial charge in [-0.2, -0.15) is 0 Å². The molecule has 132 valence electrons. The summed E-state index contributed by atoms with van der Waals surface area (Å²) in [6.45, 7) is 0.400. The van der Waals surface area contributed by atoms with Crippen LogP contribution in [0, 0.1) is 0 Å². The largest absolute Gasteiger partial charge is 0.468 e. The van der Waals surface area contributed by atoms with Crippen molar-refractivity contribution in [2.45, 2.75) is 11.7 Å². The number of carbonyl (C=O) groups is 4. The van der Waals surface area contributed by atoms with Gasteiger partial charge >= 0.3 is 5.97 Å². The number of hydrogen-bond acceptors (Lipinski definition) is 6. The summed E-state index contributed by atoms with van der Waals surface area (Å²) in [5, 5.41) is -0.434. The van der Waals surface area contributed by atoms with Crippen molar-refractivity contribution in [1.29, 1.82) is 0 Å². The molecule has 1 fully saturated rings. The van der Waals surface area contributed by atoms with Gasteiger partial charge in [0, 0.05) is 24.4 Å². The number of carbonyl (C=O) groups excluding carboxylic acids is 4. The van der Waals surface area contributed by atoms with E-state index in [0.717, 1.165) is 4.90 Å². The highest BCUT2D eigenvalue weighted by atomic mass is 32.2. The minimum absolute atomic E-state index is 0.107. The molecule has 7 nitrogen and oxygen atoms in total. The standard InChI is InChI=1S/C17H18N2O5S/c1-24-17(23)13-9-18(6-7-25-13)15(21)10-19-14(20)8-11-4-2-3-5-12(11)16(19)22/h2-5,13H,6-10H2,1H3/t13-/m1/s1. The van der Waals surface area contributed by atoms with E-state index in [9.17, 15) is 19.2 Å². The van der Waals surface area contributed by atoms with Crippen molar-refractivity contribution >= 4 is 35.5 Å². The van der Waals surface area contributed by atoms with Gasteiger partial charge in [0.1, 0.15) is 11.8 Å². The van der Waals surface area contributed by atoms with Crippen LogP contribution in [0.2, 0.25) is 0 Å². The minimum Gasteiger partial charge on any atom is -0.468 e. The third-order valence-corrected chi connectivity index (χ3v) is 5.47. The van der Waals surface area contributed by atoms with Gasteiger partial charge in [0.15, 0.2) is 0 Å². The molecule has 1 saturated heterocycles. The fourth-order valence-corrected chi connectivity index (χ4v) is 4.07. The van der Waals surface area contributed by atoms with Gasteiger partial charge in [0.05, 0.1) is 13.5 Å². The number of thioether (sulfide) groups is 1. The molecular weight excluding hydrogens is 344 g/mol. The SMILES string of the molecule is COC(=O)[C@H]1CN(C(=O)CN2C(=O)Cc3ccccc3C2=O)CCS1. The third kappa shape index (κ3) is 3.53. The second-order valence-electron chi connectivity index (χ2n) is 5.84. The summed E-state index contributed by atoms with van der Waals surface area (Å²) in [6, 6.07) is 6.91. The Morgan fingerprint density at radius 2 is 2.04 bits per heavy atom. The number of fused-ring (bicyclic) bond motifs is 1. The van der Waals surface area contributed by atoms with E-state index in [0.29, 0.717) is 23.4 Å². The van der Waals surface area contributed by atoms with Crippen LogP contribution in [0.4, 0.5) is 0 Å². The topological polar surface area (TPSA) is 84.0 Å². The van der Waals surface area contributed by atoms with Crippen LogP contribution in [-0.2, 0) is 25.5 Å². The van der Waals surface area contributed by atoms with Crippen LogP contribution in [0.1, 0.15) is 15.9 Å². The molecule has 0 spiro atoms. The summed E-state index contributed by atoms with van der Waals surface area (Å²) in [5.41, 5.74) is 1.14. The lowest BCUT2D eigenvalue weighted by Gasteiger charge is -2.33. The number of esters is 1. The van der Waals surface area contributed by atoms with Crippen LogP contribution in [0.25, 0.3) is 0 Å². The first-order chi connectivity index (χ1) is 12.0. The van der Waals surface area contributed by atoms with Gasteiger partial charge < -0.3 is 9.64 Å². The Morgan fingerprint density at radius 1 is 1.28 bits per heavy atom. The predicted molar refractivity (Wildman–Crippen MR) is 91.0 cm³/mol. The van der Waals surface area contributed by atoms with Crippen molar-refractivity contribution in [2.24, 2.45) is 0 Å². The van der Waals surface area contributed by atoms with Crippen LogP contribution in [0.5, 0.6) is 0 Å². The fraction of sp³-hybridized carbons (Fsp3) is 0.412. The van der Waals surface area contributed by atoms with Gasteiger partial charge in [-0.1, -0.05) is 18.2 Å². The van der Waals surface area contributed by atoms with Crippen molar-refractivity contribution in [3.8, 4) is 0 Å². The van der Waals surface area contributed by atoms with Crippen molar-refractivity contribution in [2.75, 3.05) is 32.5 Å². The van der Waals surface area contributed by atoms with Crippen LogP contribution in [-0.4, -0.2) is 71.2 Å². The molecule has 3 rings (SSSR count). The van der Waals surface area contributed by atoms with Crippen LogP contribution >= 0.6 is 11.8 Å². The molecule has 25 heavy (non-hydrogen) atoms. The number of ether oxygens (including phenoxy) is 1. The first-order valence-electron chi connectivity index (χ1n) is 7.91. The van der Waals surface area contributed by atoms with Crippen LogP contribution in [0.3, 0.4) is 0 Å². The quantitative estimate of drug-likeness (QED) is 0.569. The first-order valence-corrected chi connectivity index (χ1v) is 8.96. The fourth-order valence-electron chi connectivity index (χ4n) is 2.95. The van der Waals surface area contributed by atoms with Crippen LogP contribution in [0.15, 0.2) is 24.3 Å². The lowest BCUT2D eigenvalue weighted by atomic mass is 9.98. The number of nitrogens with zero attached hydrogens (tertiary/aromatic N) is 2. The number of hydrogen-bond donors (Lipinski definition) is 0. The van der Waals surface area contributed by atoms with Gasteiger partial charge in [0.2, 0.25) is 11.8 Å². The maximum Gasteiger partial charge on any atom is 0.320 e. The number of methoxy groups -OCH3 is 1. The maximum atomic E-state index is 12.5. The average Bonchev–Trinajstić information content (AvgIpc) is 2.64. The zero-order valence-electron chi connectivity index (χ0n) is 13.8. The zero-order chi connectivity index (χ0) is 18.0. The smallest absolute Gasteiger partial charge is 0.320 e. The number of benzene rings is 1. The highest BCUT2D eigenvalue weighted by molar-refractivity contribution is 8.00. The molecule has 0 radical (unpaired) electrons. The molecule has 2 aliphatic heterocycles. The molecule has 1 atom stereocenters. The highest BCUT2D eigenvalue weighted by Crippen LogP contribution is 2.22. The number of rotatable bonds is 3. The van der Waals surface area contributed by atoms with Crippen molar-refractivity contribution in [3.63, 3.8) is 0 Å². The van der Waals surface area contributed by atoms with Crippen molar-refractivity contribution in [1.82, 2.24) is 9.80 Å². The Labute approximate surface area is 149 Å². The molecule has 2 heterocycles. The Bertz CT molecular complexity index is 736. The second kappa shape index (κ2) is 7.26. The highest BCUT2D eigenvalue weighted by Gasteiger charge is 2.35. The van der Waals surface area contributed by atoms with E-state index >= 15 is 0 Å². The lowest BCUT2D eigenvalue weighted by molar-refractivity contribution is -0.142. The van der Waals surface area contributed by atoms with Crippen molar-refractivity contribution in [3.05, 3.63) is 35.4 Å². The Balaban J connectivity index is 1.69. The molecular formula is C17H18N2O5S.